The molecule has 0 heterocycles. The summed E-state index contributed by atoms with van der Waals surface area (Å²) in [4.78, 5) is 12.2. The van der Waals surface area contributed by atoms with E-state index in [0.717, 1.165) is 28.7 Å². The summed E-state index contributed by atoms with van der Waals surface area (Å²) < 4.78 is 14.3. The normalized spacial score (nSPS) is 15.0. The zero-order valence-electron chi connectivity index (χ0n) is 11.2. The van der Waals surface area contributed by atoms with Crippen molar-refractivity contribution in [2.24, 2.45) is 0 Å². The number of carbonyl (C=O) groups excluding carboxylic acids is 1. The van der Waals surface area contributed by atoms with E-state index in [1.54, 1.807) is 18.2 Å². The minimum atomic E-state index is -0.292. The van der Waals surface area contributed by atoms with Crippen LogP contribution in [0.2, 0.25) is 0 Å². The Morgan fingerprint density at radius 3 is 2.90 bits per heavy atom. The number of rotatable bonds is 0. The molecule has 2 aliphatic carbocycles. The summed E-state index contributed by atoms with van der Waals surface area (Å²) in [5, 5.41) is 0. The highest BCUT2D eigenvalue weighted by molar-refractivity contribution is 6.06. The summed E-state index contributed by atoms with van der Waals surface area (Å²) in [5.41, 5.74) is 6.39. The lowest BCUT2D eigenvalue weighted by Gasteiger charge is -2.15. The first-order valence-electron chi connectivity index (χ1n) is 6.81. The van der Waals surface area contributed by atoms with Gasteiger partial charge in [0.05, 0.1) is 0 Å². The summed E-state index contributed by atoms with van der Waals surface area (Å²) in [6, 6.07) is 7.71. The van der Waals surface area contributed by atoms with Crippen molar-refractivity contribution in [1.29, 1.82) is 0 Å². The average Bonchev–Trinajstić information content (AvgIpc) is 2.79. The highest BCUT2D eigenvalue weighted by Gasteiger charge is 2.29. The van der Waals surface area contributed by atoms with Crippen LogP contribution in [-0.2, 0) is 6.42 Å². The average molecular weight is 264 g/mol. The molecule has 1 nitrogen and oxygen atoms in total. The van der Waals surface area contributed by atoms with Crippen LogP contribution >= 0.6 is 0 Å². The van der Waals surface area contributed by atoms with Gasteiger partial charge in [0, 0.05) is 17.5 Å². The molecule has 20 heavy (non-hydrogen) atoms. The van der Waals surface area contributed by atoms with Crippen molar-refractivity contribution < 1.29 is 9.18 Å². The molecule has 2 aromatic rings. The van der Waals surface area contributed by atoms with Gasteiger partial charge < -0.3 is 0 Å². The van der Waals surface area contributed by atoms with E-state index in [-0.39, 0.29) is 11.6 Å². The number of hydrogen-bond donors (Lipinski definition) is 0. The van der Waals surface area contributed by atoms with Gasteiger partial charge in [-0.3, -0.25) is 4.79 Å². The molecule has 0 spiro atoms. The molecule has 2 aromatic carbocycles. The Morgan fingerprint density at radius 2 is 2.05 bits per heavy atom. The maximum Gasteiger partial charge on any atom is 0.167 e. The summed E-state index contributed by atoms with van der Waals surface area (Å²) in [6.07, 6.45) is 4.59. The first-order valence-corrected chi connectivity index (χ1v) is 6.81. The summed E-state index contributed by atoms with van der Waals surface area (Å²) in [5.74, 6) is -0.261. The summed E-state index contributed by atoms with van der Waals surface area (Å²) >= 11 is 0. The molecule has 2 aliphatic rings. The van der Waals surface area contributed by atoms with E-state index in [9.17, 15) is 9.18 Å². The van der Waals surface area contributed by atoms with Crippen LogP contribution in [0.25, 0.3) is 17.2 Å². The molecule has 0 radical (unpaired) electrons. The number of halogens is 1. The topological polar surface area (TPSA) is 17.1 Å². The smallest absolute Gasteiger partial charge is 0.167 e. The quantitative estimate of drug-likeness (QED) is 0.591. The fourth-order valence-electron chi connectivity index (χ4n) is 3.43. The number of hydrogen-bond acceptors (Lipinski definition) is 1. The molecular weight excluding hydrogens is 251 g/mol. The lowest BCUT2D eigenvalue weighted by Crippen LogP contribution is -2.10. The SMILES string of the molecule is Cc1cccc2c1-c1cc(F)c3c(c1C2)C(=O)CC=C3. The lowest BCUT2D eigenvalue weighted by molar-refractivity contribution is 0.0993. The number of benzene rings is 2. The molecule has 0 aliphatic heterocycles. The molecule has 98 valence electrons. The van der Waals surface area contributed by atoms with Gasteiger partial charge in [0.2, 0.25) is 0 Å². The molecule has 0 amide bonds. The largest absolute Gasteiger partial charge is 0.294 e. The molecule has 4 rings (SSSR count). The molecule has 0 saturated carbocycles. The highest BCUT2D eigenvalue weighted by atomic mass is 19.1. The third kappa shape index (κ3) is 1.39. The number of Topliss-reactive ketones (excluding diaryl/α,β-unsaturated/α-hetero) is 1. The van der Waals surface area contributed by atoms with Crippen LogP contribution in [0.3, 0.4) is 0 Å². The van der Waals surface area contributed by atoms with Gasteiger partial charge in [-0.25, -0.2) is 4.39 Å². The van der Waals surface area contributed by atoms with E-state index in [1.165, 1.54) is 5.56 Å². The van der Waals surface area contributed by atoms with Crippen LogP contribution in [0.1, 0.15) is 39.0 Å². The molecule has 0 unspecified atom stereocenters. The zero-order valence-corrected chi connectivity index (χ0v) is 11.2. The Hall–Kier alpha value is -2.22. The van der Waals surface area contributed by atoms with Crippen LogP contribution in [0.15, 0.2) is 30.3 Å². The van der Waals surface area contributed by atoms with Crippen molar-refractivity contribution in [3.63, 3.8) is 0 Å². The molecule has 2 heteroatoms. The van der Waals surface area contributed by atoms with Gasteiger partial charge in [-0.05, 0) is 47.2 Å². The third-order valence-electron chi connectivity index (χ3n) is 4.29. The van der Waals surface area contributed by atoms with Gasteiger partial charge >= 0.3 is 0 Å². The van der Waals surface area contributed by atoms with E-state index >= 15 is 0 Å². The second-order valence-electron chi connectivity index (χ2n) is 5.49. The van der Waals surface area contributed by atoms with E-state index in [2.05, 4.69) is 6.07 Å². The second-order valence-corrected chi connectivity index (χ2v) is 5.49. The Bertz CT molecular complexity index is 800. The molecule has 0 N–H and O–H groups in total. The summed E-state index contributed by atoms with van der Waals surface area (Å²) in [7, 11) is 0. The van der Waals surface area contributed by atoms with E-state index in [0.29, 0.717) is 17.5 Å². The Balaban J connectivity index is 2.09. The Labute approximate surface area is 116 Å². The van der Waals surface area contributed by atoms with Crippen LogP contribution < -0.4 is 0 Å². The van der Waals surface area contributed by atoms with Crippen LogP contribution in [-0.4, -0.2) is 5.78 Å². The maximum absolute atomic E-state index is 14.3. The van der Waals surface area contributed by atoms with E-state index < -0.39 is 0 Å². The molecule has 0 aromatic heterocycles. The first kappa shape index (κ1) is 11.6. The standard InChI is InChI=1S/C18H13FO/c1-10-4-2-5-11-8-13-14(17(10)11)9-15(19)12-6-3-7-16(20)18(12)13/h2-6,9H,7-8H2,1H3. The van der Waals surface area contributed by atoms with E-state index in [4.69, 9.17) is 0 Å². The predicted octanol–water partition coefficient (Wildman–Crippen LogP) is 4.30. The molecule has 0 bridgehead atoms. The van der Waals surface area contributed by atoms with Gasteiger partial charge in [-0.15, -0.1) is 0 Å². The maximum atomic E-state index is 14.3. The van der Waals surface area contributed by atoms with Gasteiger partial charge in [0.1, 0.15) is 5.82 Å². The highest BCUT2D eigenvalue weighted by Crippen LogP contribution is 2.43. The van der Waals surface area contributed by atoms with Gasteiger partial charge in [-0.1, -0.05) is 30.4 Å². The first-order chi connectivity index (χ1) is 9.66. The van der Waals surface area contributed by atoms with E-state index in [1.807, 2.05) is 19.1 Å². The fourth-order valence-corrected chi connectivity index (χ4v) is 3.43. The minimum absolute atomic E-state index is 0.0312. The van der Waals surface area contributed by atoms with Crippen molar-refractivity contribution >= 4 is 11.9 Å². The van der Waals surface area contributed by atoms with Gasteiger partial charge in [-0.2, -0.15) is 0 Å². The Morgan fingerprint density at radius 1 is 1.20 bits per heavy atom. The van der Waals surface area contributed by atoms with Crippen molar-refractivity contribution in [2.45, 2.75) is 19.8 Å². The lowest BCUT2D eigenvalue weighted by atomic mass is 9.88. The molecule has 0 fully saturated rings. The van der Waals surface area contributed by atoms with Crippen molar-refractivity contribution in [3.8, 4) is 11.1 Å². The number of allylic oxidation sites excluding steroid dienone is 1. The van der Waals surface area contributed by atoms with Crippen LogP contribution in [0.5, 0.6) is 0 Å². The van der Waals surface area contributed by atoms with Crippen LogP contribution in [0.4, 0.5) is 4.39 Å². The number of carbonyl (C=O) groups is 1. The predicted molar refractivity (Wildman–Crippen MR) is 77.4 cm³/mol. The minimum Gasteiger partial charge on any atom is -0.294 e. The van der Waals surface area contributed by atoms with Gasteiger partial charge in [0.15, 0.2) is 5.78 Å². The van der Waals surface area contributed by atoms with Crippen molar-refractivity contribution in [1.82, 2.24) is 0 Å². The number of fused-ring (bicyclic) bond motifs is 5. The fraction of sp³-hybridized carbons (Fsp3) is 0.167. The molecular formula is C18H13FO. The summed E-state index contributed by atoms with van der Waals surface area (Å²) in [6.45, 7) is 2.03. The Kier molecular flexibility index (Phi) is 2.25. The monoisotopic (exact) mass is 264 g/mol. The molecule has 0 saturated heterocycles. The third-order valence-corrected chi connectivity index (χ3v) is 4.29. The van der Waals surface area contributed by atoms with Crippen LogP contribution in [0, 0.1) is 12.7 Å². The zero-order chi connectivity index (χ0) is 13.9. The van der Waals surface area contributed by atoms with Gasteiger partial charge in [0.25, 0.3) is 0 Å². The number of ketones is 1. The number of aryl methyl sites for hydroxylation is 1. The van der Waals surface area contributed by atoms with Crippen molar-refractivity contribution in [3.05, 3.63) is 64.0 Å². The second kappa shape index (κ2) is 3.89. The molecule has 0 atom stereocenters. The van der Waals surface area contributed by atoms with Crippen molar-refractivity contribution in [2.75, 3.05) is 0 Å².